The Hall–Kier alpha value is -4.31. The van der Waals surface area contributed by atoms with Gasteiger partial charge in [-0.15, -0.1) is 0 Å². The number of rotatable bonds is 15. The molecule has 4 aromatic carbocycles. The van der Waals surface area contributed by atoms with Gasteiger partial charge in [0.15, 0.2) is 0 Å². The van der Waals surface area contributed by atoms with Crippen molar-refractivity contribution in [1.29, 1.82) is 0 Å². The highest BCUT2D eigenvalue weighted by Gasteiger charge is 2.42. The van der Waals surface area contributed by atoms with Gasteiger partial charge in [-0.25, -0.2) is 0 Å². The standard InChI is InChI=1S/C42H51NO7S/c1-31-25-27-36(28-26-31)51(46,47)48-29-17-18-32(38(44)49-40(2,3)4)30-37(39(45)50-41(5,6)7)43-42(33-19-11-8-12-20-33,34-21-13-9-14-22-34)35-23-15-10-16-24-35/h8-16,19-28,32,37,43H,17-18,29-30H2,1-7H3/t32-,37-/m0/s1. The fourth-order valence-electron chi connectivity index (χ4n) is 5.94. The Kier molecular flexibility index (Phi) is 13.0. The maximum atomic E-state index is 14.3. The van der Waals surface area contributed by atoms with Crippen LogP contribution >= 0.6 is 0 Å². The molecule has 0 saturated heterocycles. The average molecular weight is 714 g/mol. The van der Waals surface area contributed by atoms with Crippen molar-refractivity contribution in [3.63, 3.8) is 0 Å². The highest BCUT2D eigenvalue weighted by molar-refractivity contribution is 7.86. The van der Waals surface area contributed by atoms with E-state index in [0.29, 0.717) is 0 Å². The van der Waals surface area contributed by atoms with Crippen LogP contribution in [0, 0.1) is 12.8 Å². The molecule has 51 heavy (non-hydrogen) atoms. The molecule has 272 valence electrons. The number of carbonyl (C=O) groups is 2. The molecule has 0 fully saturated rings. The highest BCUT2D eigenvalue weighted by Crippen LogP contribution is 2.38. The molecule has 2 atom stereocenters. The molecular weight excluding hydrogens is 663 g/mol. The number of esters is 2. The van der Waals surface area contributed by atoms with Crippen molar-refractivity contribution in [2.24, 2.45) is 5.92 Å². The van der Waals surface area contributed by atoms with E-state index in [1.54, 1.807) is 53.7 Å². The smallest absolute Gasteiger partial charge is 0.323 e. The van der Waals surface area contributed by atoms with E-state index in [2.05, 4.69) is 5.32 Å². The van der Waals surface area contributed by atoms with Gasteiger partial charge in [0.2, 0.25) is 0 Å². The lowest BCUT2D eigenvalue weighted by Crippen LogP contribution is -2.54. The van der Waals surface area contributed by atoms with Crippen LogP contribution in [0.5, 0.6) is 0 Å². The number of benzene rings is 4. The summed E-state index contributed by atoms with van der Waals surface area (Å²) in [5, 5.41) is 3.72. The number of ether oxygens (including phenoxy) is 2. The highest BCUT2D eigenvalue weighted by atomic mass is 32.2. The number of hydrogen-bond donors (Lipinski definition) is 1. The molecule has 8 nitrogen and oxygen atoms in total. The Bertz CT molecular complexity index is 1720. The van der Waals surface area contributed by atoms with Gasteiger partial charge in [0.05, 0.1) is 23.0 Å². The van der Waals surface area contributed by atoms with Crippen molar-refractivity contribution in [1.82, 2.24) is 5.32 Å². The summed E-state index contributed by atoms with van der Waals surface area (Å²) < 4.78 is 43.0. The summed E-state index contributed by atoms with van der Waals surface area (Å²) in [4.78, 5) is 28.2. The number of carbonyl (C=O) groups excluding carboxylic acids is 2. The maximum Gasteiger partial charge on any atom is 0.323 e. The Balaban J connectivity index is 1.74. The van der Waals surface area contributed by atoms with Crippen LogP contribution in [0.1, 0.15) is 83.1 Å². The topological polar surface area (TPSA) is 108 Å². The van der Waals surface area contributed by atoms with Gasteiger partial charge in [0, 0.05) is 0 Å². The molecular formula is C42H51NO7S. The van der Waals surface area contributed by atoms with Crippen LogP contribution in [0.2, 0.25) is 0 Å². The second-order valence-electron chi connectivity index (χ2n) is 14.8. The molecule has 0 aliphatic rings. The molecule has 9 heteroatoms. The largest absolute Gasteiger partial charge is 0.460 e. The van der Waals surface area contributed by atoms with Gasteiger partial charge >= 0.3 is 11.9 Å². The zero-order chi connectivity index (χ0) is 37.3. The molecule has 1 N–H and O–H groups in total. The quantitative estimate of drug-likeness (QED) is 0.0570. The van der Waals surface area contributed by atoms with Crippen molar-refractivity contribution in [3.8, 4) is 0 Å². The first kappa shape index (κ1) is 39.5. The molecule has 0 amide bonds. The first-order valence-corrected chi connectivity index (χ1v) is 18.8. The molecule has 0 aromatic heterocycles. The van der Waals surface area contributed by atoms with Gasteiger partial charge < -0.3 is 9.47 Å². The van der Waals surface area contributed by atoms with Crippen LogP contribution in [-0.4, -0.2) is 44.2 Å². The fraction of sp³-hybridized carbons (Fsp3) is 0.381. The SMILES string of the molecule is Cc1ccc(S(=O)(=O)OCCC[C@@H](C[C@H](NC(c2ccccc2)(c2ccccc2)c2ccccc2)C(=O)OC(C)(C)C)C(=O)OC(C)(C)C)cc1. The van der Waals surface area contributed by atoms with Crippen molar-refractivity contribution >= 4 is 22.1 Å². The average Bonchev–Trinajstić information content (AvgIpc) is 3.07. The van der Waals surface area contributed by atoms with Crippen LogP contribution in [0.3, 0.4) is 0 Å². The minimum atomic E-state index is -4.00. The van der Waals surface area contributed by atoms with E-state index in [1.807, 2.05) is 97.9 Å². The number of hydrogen-bond acceptors (Lipinski definition) is 8. The number of aryl methyl sites for hydroxylation is 1. The predicted octanol–water partition coefficient (Wildman–Crippen LogP) is 8.12. The van der Waals surface area contributed by atoms with Gasteiger partial charge in [0.25, 0.3) is 10.1 Å². The second kappa shape index (κ2) is 16.8. The molecule has 4 aromatic rings. The second-order valence-corrected chi connectivity index (χ2v) is 16.4. The predicted molar refractivity (Wildman–Crippen MR) is 199 cm³/mol. The van der Waals surface area contributed by atoms with Gasteiger partial charge in [-0.2, -0.15) is 8.42 Å². The maximum absolute atomic E-state index is 14.3. The van der Waals surface area contributed by atoms with E-state index in [-0.39, 0.29) is 30.8 Å². The summed E-state index contributed by atoms with van der Waals surface area (Å²) in [5.41, 5.74) is 0.953. The van der Waals surface area contributed by atoms with E-state index in [1.165, 1.54) is 12.1 Å². The van der Waals surface area contributed by atoms with Gasteiger partial charge in [0.1, 0.15) is 17.2 Å². The van der Waals surface area contributed by atoms with Crippen molar-refractivity contribution in [2.45, 2.75) is 95.4 Å². The first-order valence-electron chi connectivity index (χ1n) is 17.4. The zero-order valence-corrected chi connectivity index (χ0v) is 31.5. The minimum Gasteiger partial charge on any atom is -0.460 e. The molecule has 0 radical (unpaired) electrons. The van der Waals surface area contributed by atoms with E-state index in [4.69, 9.17) is 13.7 Å². The summed E-state index contributed by atoms with van der Waals surface area (Å²) in [6, 6.07) is 35.0. The van der Waals surface area contributed by atoms with Gasteiger partial charge in [-0.3, -0.25) is 19.1 Å². The Morgan fingerprint density at radius 2 is 1.08 bits per heavy atom. The summed E-state index contributed by atoms with van der Waals surface area (Å²) in [6.45, 7) is 12.5. The van der Waals surface area contributed by atoms with Crippen LogP contribution in [-0.2, 0) is 38.9 Å². The van der Waals surface area contributed by atoms with E-state index < -0.39 is 50.8 Å². The fourth-order valence-corrected chi connectivity index (χ4v) is 6.88. The lowest BCUT2D eigenvalue weighted by Gasteiger charge is -2.40. The van der Waals surface area contributed by atoms with Gasteiger partial charge in [-0.05, 0) is 96.6 Å². The molecule has 0 aliphatic carbocycles. The third-order valence-electron chi connectivity index (χ3n) is 8.21. The van der Waals surface area contributed by atoms with E-state index in [0.717, 1.165) is 22.3 Å². The zero-order valence-electron chi connectivity index (χ0n) is 30.7. The third kappa shape index (κ3) is 11.1. The Labute approximate surface area is 303 Å². The summed E-state index contributed by atoms with van der Waals surface area (Å²) in [7, 11) is -4.00. The summed E-state index contributed by atoms with van der Waals surface area (Å²) in [5.74, 6) is -1.83. The Morgan fingerprint density at radius 3 is 1.51 bits per heavy atom. The molecule has 0 heterocycles. The molecule has 0 aliphatic heterocycles. The minimum absolute atomic E-state index is 0.0167. The van der Waals surface area contributed by atoms with Crippen molar-refractivity contribution in [2.75, 3.05) is 6.61 Å². The normalized spacial score (nSPS) is 13.6. The lowest BCUT2D eigenvalue weighted by molar-refractivity contribution is -0.163. The number of nitrogens with one attached hydrogen (secondary N) is 1. The monoisotopic (exact) mass is 713 g/mol. The summed E-state index contributed by atoms with van der Waals surface area (Å²) in [6.07, 6.45) is 0.439. The molecule has 4 rings (SSSR count). The summed E-state index contributed by atoms with van der Waals surface area (Å²) >= 11 is 0. The van der Waals surface area contributed by atoms with E-state index in [9.17, 15) is 18.0 Å². The van der Waals surface area contributed by atoms with Gasteiger partial charge in [-0.1, -0.05) is 109 Å². The van der Waals surface area contributed by atoms with E-state index >= 15 is 0 Å². The van der Waals surface area contributed by atoms with Crippen LogP contribution in [0.4, 0.5) is 0 Å². The van der Waals surface area contributed by atoms with Crippen LogP contribution < -0.4 is 5.32 Å². The third-order valence-corrected chi connectivity index (χ3v) is 9.53. The van der Waals surface area contributed by atoms with Crippen molar-refractivity contribution < 1.29 is 31.7 Å². The molecule has 0 bridgehead atoms. The van der Waals surface area contributed by atoms with Crippen molar-refractivity contribution in [3.05, 3.63) is 138 Å². The first-order chi connectivity index (χ1) is 24.0. The molecule has 0 unspecified atom stereocenters. The van der Waals surface area contributed by atoms with Crippen LogP contribution in [0.15, 0.2) is 120 Å². The molecule has 0 saturated carbocycles. The Morgan fingerprint density at radius 1 is 0.647 bits per heavy atom. The lowest BCUT2D eigenvalue weighted by atomic mass is 9.76. The van der Waals surface area contributed by atoms with Crippen LogP contribution in [0.25, 0.3) is 0 Å². The molecule has 0 spiro atoms.